The zero-order valence-electron chi connectivity index (χ0n) is 22.1. The van der Waals surface area contributed by atoms with Crippen molar-refractivity contribution in [1.82, 2.24) is 14.9 Å². The first-order chi connectivity index (χ1) is 18.5. The van der Waals surface area contributed by atoms with Crippen LogP contribution in [0.2, 0.25) is 0 Å². The molecule has 0 radical (unpaired) electrons. The molecule has 0 aliphatic carbocycles. The molecule has 0 unspecified atom stereocenters. The van der Waals surface area contributed by atoms with E-state index in [9.17, 15) is 19.2 Å². The Hall–Kier alpha value is -4.12. The van der Waals surface area contributed by atoms with Gasteiger partial charge in [0.2, 0.25) is 0 Å². The third-order valence-corrected chi connectivity index (χ3v) is 7.77. The van der Waals surface area contributed by atoms with Gasteiger partial charge >= 0.3 is 12.1 Å². The molecule has 0 fully saturated rings. The molecular weight excluding hydrogens is 568 g/mol. The number of halogens is 1. The van der Waals surface area contributed by atoms with Gasteiger partial charge in [-0.2, -0.15) is 0 Å². The molecule has 2 amide bonds. The number of aromatic nitrogens is 2. The minimum absolute atomic E-state index is 0.0633. The van der Waals surface area contributed by atoms with Crippen LogP contribution in [-0.4, -0.2) is 71.7 Å². The van der Waals surface area contributed by atoms with Crippen LogP contribution in [-0.2, 0) is 4.74 Å². The van der Waals surface area contributed by atoms with Crippen molar-refractivity contribution < 1.29 is 28.7 Å². The van der Waals surface area contributed by atoms with E-state index >= 15 is 0 Å². The fourth-order valence-corrected chi connectivity index (χ4v) is 5.61. The average molecular weight is 595 g/mol. The molecule has 3 heterocycles. The Bertz CT molecular complexity index is 1680. The van der Waals surface area contributed by atoms with Crippen molar-refractivity contribution >= 4 is 67.2 Å². The van der Waals surface area contributed by atoms with E-state index in [1.54, 1.807) is 56.3 Å². The molecule has 0 spiro atoms. The van der Waals surface area contributed by atoms with Crippen LogP contribution in [0, 0.1) is 6.92 Å². The summed E-state index contributed by atoms with van der Waals surface area (Å²) in [5.74, 6) is -0.858. The molecule has 1 aliphatic heterocycles. The summed E-state index contributed by atoms with van der Waals surface area (Å²) in [6, 6.07) is 8.61. The van der Waals surface area contributed by atoms with Gasteiger partial charge in [0.1, 0.15) is 5.69 Å². The maximum atomic E-state index is 13.9. The van der Waals surface area contributed by atoms with Crippen molar-refractivity contribution in [2.24, 2.45) is 0 Å². The van der Waals surface area contributed by atoms with Gasteiger partial charge in [-0.05, 0) is 43.7 Å². The Morgan fingerprint density at radius 3 is 2.51 bits per heavy atom. The largest absolute Gasteiger partial charge is 0.465 e. The summed E-state index contributed by atoms with van der Waals surface area (Å²) < 4.78 is 10.8. The fraction of sp³-hybridized carbons (Fsp3) is 0.286. The van der Waals surface area contributed by atoms with Gasteiger partial charge in [-0.3, -0.25) is 9.59 Å². The van der Waals surface area contributed by atoms with Crippen molar-refractivity contribution in [2.45, 2.75) is 19.8 Å². The lowest BCUT2D eigenvalue weighted by atomic mass is 9.95. The number of hydrogen-bond acceptors (Lipinski definition) is 6. The van der Waals surface area contributed by atoms with Gasteiger partial charge in [0.25, 0.3) is 5.91 Å². The maximum absolute atomic E-state index is 13.9. The molecule has 2 aromatic heterocycles. The summed E-state index contributed by atoms with van der Waals surface area (Å²) in [6.07, 6.45) is -0.604. The number of rotatable bonds is 5. The van der Waals surface area contributed by atoms with Crippen LogP contribution in [0.1, 0.15) is 55.3 Å². The van der Waals surface area contributed by atoms with E-state index in [0.717, 1.165) is 16.5 Å². The fourth-order valence-electron chi connectivity index (χ4n) is 5.08. The zero-order chi connectivity index (χ0) is 28.2. The lowest BCUT2D eigenvalue weighted by Crippen LogP contribution is -2.30. The predicted molar refractivity (Wildman–Crippen MR) is 151 cm³/mol. The standard InChI is InChI=1S/C28H27BrN4O6/c1-13-22(27(36)38-5)24-23-17(11-29)12-33(20(23)10-21(25(24)30-13)39-28(37)32(3)4)26(35)19-9-16-8-15(14(2)34)6-7-18(16)31-19/h6-10,17,30-31H,11-12H2,1-5H3/t17-/m1/s1. The lowest BCUT2D eigenvalue weighted by molar-refractivity contribution is 0.0601. The summed E-state index contributed by atoms with van der Waals surface area (Å²) in [5, 5.41) is 1.82. The Balaban J connectivity index is 1.70. The van der Waals surface area contributed by atoms with Gasteiger partial charge in [0.15, 0.2) is 11.5 Å². The number of nitrogens with one attached hydrogen (secondary N) is 2. The summed E-state index contributed by atoms with van der Waals surface area (Å²) in [7, 11) is 4.44. The molecule has 4 aromatic rings. The molecule has 1 aliphatic rings. The highest BCUT2D eigenvalue weighted by atomic mass is 79.9. The van der Waals surface area contributed by atoms with E-state index in [0.29, 0.717) is 51.0 Å². The van der Waals surface area contributed by atoms with Crippen molar-refractivity contribution in [2.75, 3.05) is 38.0 Å². The molecule has 0 saturated heterocycles. The van der Waals surface area contributed by atoms with Gasteiger partial charge < -0.3 is 29.2 Å². The highest BCUT2D eigenvalue weighted by Gasteiger charge is 2.38. The second-order valence-corrected chi connectivity index (χ2v) is 10.4. The minimum atomic E-state index is -0.604. The first-order valence-electron chi connectivity index (χ1n) is 12.2. The van der Waals surface area contributed by atoms with E-state index < -0.39 is 12.1 Å². The number of esters is 1. The number of hydrogen-bond donors (Lipinski definition) is 2. The van der Waals surface area contributed by atoms with Crippen LogP contribution < -0.4 is 9.64 Å². The number of benzene rings is 2. The number of Topliss-reactive ketones (excluding diaryl/α,β-unsaturated/α-hetero) is 1. The monoisotopic (exact) mass is 594 g/mol. The van der Waals surface area contributed by atoms with E-state index in [2.05, 4.69) is 25.9 Å². The molecule has 0 bridgehead atoms. The van der Waals surface area contributed by atoms with Gasteiger partial charge in [0, 0.05) is 65.5 Å². The Labute approximate surface area is 232 Å². The van der Waals surface area contributed by atoms with Gasteiger partial charge in [-0.15, -0.1) is 0 Å². The topological polar surface area (TPSA) is 125 Å². The number of nitrogens with zero attached hydrogens (tertiary/aromatic N) is 2. The maximum Gasteiger partial charge on any atom is 0.414 e. The number of anilines is 1. The van der Waals surface area contributed by atoms with Crippen LogP contribution in [0.3, 0.4) is 0 Å². The number of amides is 2. The van der Waals surface area contributed by atoms with E-state index in [1.165, 1.54) is 18.9 Å². The SMILES string of the molecule is COC(=O)c1c(C)[nH]c2c(OC(=O)N(C)C)cc3c(c12)[C@H](CBr)CN3C(=O)c1cc2cc(C(C)=O)ccc2[nH]1. The number of carbonyl (C=O) groups is 4. The number of aryl methyl sites for hydroxylation is 1. The molecule has 202 valence electrons. The first-order valence-corrected chi connectivity index (χ1v) is 13.4. The zero-order valence-corrected chi connectivity index (χ0v) is 23.7. The average Bonchev–Trinajstić information content (AvgIpc) is 3.59. The normalized spacial score (nSPS) is 14.5. The van der Waals surface area contributed by atoms with Crippen LogP contribution in [0.5, 0.6) is 5.75 Å². The smallest absolute Gasteiger partial charge is 0.414 e. The molecule has 0 saturated carbocycles. The van der Waals surface area contributed by atoms with Crippen molar-refractivity contribution in [3.63, 3.8) is 0 Å². The van der Waals surface area contributed by atoms with Crippen LogP contribution >= 0.6 is 15.9 Å². The highest BCUT2D eigenvalue weighted by Crippen LogP contribution is 2.48. The van der Waals surface area contributed by atoms with E-state index in [1.807, 2.05) is 0 Å². The molecule has 39 heavy (non-hydrogen) atoms. The van der Waals surface area contributed by atoms with E-state index in [4.69, 9.17) is 9.47 Å². The van der Waals surface area contributed by atoms with Crippen molar-refractivity contribution in [3.8, 4) is 5.75 Å². The summed E-state index contributed by atoms with van der Waals surface area (Å²) in [5.41, 5.74) is 4.30. The number of methoxy groups -OCH3 is 1. The highest BCUT2D eigenvalue weighted by molar-refractivity contribution is 9.09. The Morgan fingerprint density at radius 2 is 1.87 bits per heavy atom. The molecule has 2 aromatic carbocycles. The molecule has 2 N–H and O–H groups in total. The molecule has 1 atom stereocenters. The van der Waals surface area contributed by atoms with Crippen LogP contribution in [0.4, 0.5) is 10.5 Å². The van der Waals surface area contributed by atoms with Gasteiger partial charge in [-0.1, -0.05) is 15.9 Å². The number of H-pyrrole nitrogens is 2. The number of aromatic amines is 2. The summed E-state index contributed by atoms with van der Waals surface area (Å²) in [4.78, 5) is 60.4. The first kappa shape index (κ1) is 26.5. The predicted octanol–water partition coefficient (Wildman–Crippen LogP) is 5.15. The molecule has 10 nitrogen and oxygen atoms in total. The van der Waals surface area contributed by atoms with Gasteiger partial charge in [-0.25, -0.2) is 9.59 Å². The number of carbonyl (C=O) groups excluding carboxylic acids is 4. The summed E-state index contributed by atoms with van der Waals surface area (Å²) >= 11 is 3.58. The van der Waals surface area contributed by atoms with Crippen LogP contribution in [0.25, 0.3) is 21.8 Å². The molecule has 11 heteroatoms. The third-order valence-electron chi connectivity index (χ3n) is 6.99. The Kier molecular flexibility index (Phi) is 6.71. The summed E-state index contributed by atoms with van der Waals surface area (Å²) in [6.45, 7) is 3.57. The number of ether oxygens (including phenoxy) is 2. The Morgan fingerprint density at radius 1 is 1.13 bits per heavy atom. The molecular formula is C28H27BrN4O6. The number of alkyl halides is 1. The van der Waals surface area contributed by atoms with Crippen molar-refractivity contribution in [3.05, 3.63) is 58.4 Å². The minimum Gasteiger partial charge on any atom is -0.465 e. The number of fused-ring (bicyclic) bond motifs is 4. The second-order valence-electron chi connectivity index (χ2n) is 9.74. The van der Waals surface area contributed by atoms with Gasteiger partial charge in [0.05, 0.1) is 23.9 Å². The second kappa shape index (κ2) is 9.88. The van der Waals surface area contributed by atoms with E-state index in [-0.39, 0.29) is 23.4 Å². The lowest BCUT2D eigenvalue weighted by Gasteiger charge is -2.18. The third kappa shape index (κ3) is 4.36. The number of ketones is 1. The van der Waals surface area contributed by atoms with Crippen molar-refractivity contribution in [1.29, 1.82) is 0 Å². The van der Waals surface area contributed by atoms with Crippen LogP contribution in [0.15, 0.2) is 30.3 Å². The quantitative estimate of drug-likeness (QED) is 0.187. The molecule has 5 rings (SSSR count).